The number of nitrogen functional groups attached to an aromatic ring is 1. The van der Waals surface area contributed by atoms with E-state index in [9.17, 15) is 26.1 Å². The third kappa shape index (κ3) is 2.57. The summed E-state index contributed by atoms with van der Waals surface area (Å²) in [6.45, 7) is 0. The van der Waals surface area contributed by atoms with Crippen LogP contribution in [-0.2, 0) is 16.3 Å². The second kappa shape index (κ2) is 3.79. The summed E-state index contributed by atoms with van der Waals surface area (Å²) in [6.07, 6.45) is -4.99. The Morgan fingerprint density at radius 1 is 1.31 bits per heavy atom. The van der Waals surface area contributed by atoms with Gasteiger partial charge in [0, 0.05) is 0 Å². The summed E-state index contributed by atoms with van der Waals surface area (Å²) in [6, 6.07) is 0.704. The Morgan fingerprint density at radius 3 is 2.19 bits per heavy atom. The van der Waals surface area contributed by atoms with Gasteiger partial charge in [-0.2, -0.15) is 13.2 Å². The van der Waals surface area contributed by atoms with Crippen molar-refractivity contribution in [3.63, 3.8) is 0 Å². The van der Waals surface area contributed by atoms with Crippen molar-refractivity contribution in [3.05, 3.63) is 22.7 Å². The average molecular weight is 275 g/mol. The Kier molecular flexibility index (Phi) is 3.10. The average Bonchev–Trinajstić information content (AvgIpc) is 2.05. The van der Waals surface area contributed by atoms with E-state index in [-0.39, 0.29) is 0 Å². The number of alkyl halides is 3. The number of anilines is 1. The van der Waals surface area contributed by atoms with Gasteiger partial charge in [-0.05, 0) is 12.1 Å². The number of benzene rings is 1. The topological polar surface area (TPSA) is 83.2 Å². The quantitative estimate of drug-likeness (QED) is 0.626. The highest BCUT2D eigenvalue weighted by atomic mass is 35.5. The predicted molar refractivity (Wildman–Crippen MR) is 48.8 cm³/mol. The summed E-state index contributed by atoms with van der Waals surface area (Å²) in [4.78, 5) is -1.43. The second-order valence-corrected chi connectivity index (χ2v) is 4.58. The highest BCUT2D eigenvalue weighted by Crippen LogP contribution is 2.37. The summed E-state index contributed by atoms with van der Waals surface area (Å²) in [5, 5.41) is -0.428. The van der Waals surface area contributed by atoms with Gasteiger partial charge in [-0.15, -0.1) is 0 Å². The molecule has 4 nitrogen and oxygen atoms in total. The van der Waals surface area contributed by atoms with Crippen molar-refractivity contribution in [1.82, 2.24) is 0 Å². The molecule has 1 aromatic carbocycles. The molecule has 0 fully saturated rings. The first-order valence-corrected chi connectivity index (χ1v) is 5.44. The van der Waals surface area contributed by atoms with Crippen molar-refractivity contribution in [3.8, 4) is 0 Å². The zero-order valence-electron chi connectivity index (χ0n) is 7.38. The lowest BCUT2D eigenvalue weighted by Crippen LogP contribution is -2.13. The first-order chi connectivity index (χ1) is 7.03. The largest absolute Gasteiger partial charge is 0.744 e. The third-order valence-corrected chi connectivity index (χ3v) is 2.88. The maximum absolute atomic E-state index is 12.4. The first-order valence-electron chi connectivity index (χ1n) is 3.65. The maximum atomic E-state index is 12.4. The molecule has 2 N–H and O–H groups in total. The van der Waals surface area contributed by atoms with Crippen molar-refractivity contribution in [2.24, 2.45) is 0 Å². The Labute approximate surface area is 93.6 Å². The molecule has 0 amide bonds. The number of hydrogen-bond donors (Lipinski definition) is 1. The van der Waals surface area contributed by atoms with Gasteiger partial charge >= 0.3 is 6.18 Å². The van der Waals surface area contributed by atoms with Crippen LogP contribution in [0.2, 0.25) is 5.02 Å². The first kappa shape index (κ1) is 13.1. The van der Waals surface area contributed by atoms with Crippen LogP contribution in [0.15, 0.2) is 17.0 Å². The third-order valence-electron chi connectivity index (χ3n) is 1.67. The van der Waals surface area contributed by atoms with Crippen molar-refractivity contribution >= 4 is 27.4 Å². The number of rotatable bonds is 1. The van der Waals surface area contributed by atoms with E-state index in [2.05, 4.69) is 0 Å². The van der Waals surface area contributed by atoms with Gasteiger partial charge in [-0.25, -0.2) is 8.42 Å². The van der Waals surface area contributed by atoms with E-state index in [1.54, 1.807) is 0 Å². The van der Waals surface area contributed by atoms with Gasteiger partial charge in [0.2, 0.25) is 0 Å². The molecule has 0 unspecified atom stereocenters. The molecular formula is C7H4ClF3NO3S-. The highest BCUT2D eigenvalue weighted by molar-refractivity contribution is 7.85. The van der Waals surface area contributed by atoms with Crippen LogP contribution in [-0.4, -0.2) is 13.0 Å². The van der Waals surface area contributed by atoms with Crippen LogP contribution in [0, 0.1) is 0 Å². The molecule has 0 saturated heterocycles. The van der Waals surface area contributed by atoms with Crippen molar-refractivity contribution in [2.75, 3.05) is 5.73 Å². The molecule has 0 aromatic heterocycles. The Bertz CT molecular complexity index is 526. The Morgan fingerprint density at radius 2 is 1.81 bits per heavy atom. The Balaban J connectivity index is 3.66. The fourth-order valence-electron chi connectivity index (χ4n) is 1.00. The molecular weight excluding hydrogens is 271 g/mol. The van der Waals surface area contributed by atoms with E-state index in [1.165, 1.54) is 0 Å². The SMILES string of the molecule is Nc1cc(C(F)(F)F)c(S(=O)(=O)[O-])cc1Cl. The highest BCUT2D eigenvalue weighted by Gasteiger charge is 2.35. The van der Waals surface area contributed by atoms with Gasteiger partial charge in [0.15, 0.2) is 0 Å². The standard InChI is InChI=1S/C7H5ClF3NO3S/c8-4-2-6(16(13,14)15)3(1-5(4)12)7(9,10)11/h1-2H,12H2,(H,13,14,15)/p-1. The monoisotopic (exact) mass is 274 g/mol. The van der Waals surface area contributed by atoms with E-state index in [1.807, 2.05) is 0 Å². The normalized spacial score (nSPS) is 12.8. The molecule has 1 aromatic rings. The zero-order chi connectivity index (χ0) is 12.7. The molecule has 0 aliphatic heterocycles. The molecule has 0 aliphatic carbocycles. The molecule has 1 rings (SSSR count). The molecule has 0 saturated carbocycles. The van der Waals surface area contributed by atoms with Crippen LogP contribution in [0.3, 0.4) is 0 Å². The number of nitrogens with two attached hydrogens (primary N) is 1. The summed E-state index contributed by atoms with van der Waals surface area (Å²) in [5.41, 5.74) is 3.02. The molecule has 16 heavy (non-hydrogen) atoms. The summed E-state index contributed by atoms with van der Waals surface area (Å²) in [7, 11) is -5.27. The lowest BCUT2D eigenvalue weighted by atomic mass is 10.2. The fourth-order valence-corrected chi connectivity index (χ4v) is 1.93. The molecule has 0 atom stereocenters. The second-order valence-electron chi connectivity index (χ2n) is 2.82. The van der Waals surface area contributed by atoms with Crippen LogP contribution in [0.4, 0.5) is 18.9 Å². The van der Waals surface area contributed by atoms with Gasteiger partial charge in [0.05, 0.1) is 21.2 Å². The summed E-state index contributed by atoms with van der Waals surface area (Å²) in [5.74, 6) is 0. The molecule has 9 heteroatoms. The smallest absolute Gasteiger partial charge is 0.417 e. The van der Waals surface area contributed by atoms with Crippen LogP contribution in [0.25, 0.3) is 0 Å². The van der Waals surface area contributed by atoms with Crippen LogP contribution < -0.4 is 5.73 Å². The van der Waals surface area contributed by atoms with E-state index < -0.39 is 37.5 Å². The van der Waals surface area contributed by atoms with E-state index in [4.69, 9.17) is 17.3 Å². The van der Waals surface area contributed by atoms with Crippen LogP contribution in [0.5, 0.6) is 0 Å². The zero-order valence-corrected chi connectivity index (χ0v) is 8.95. The molecule has 90 valence electrons. The number of halogens is 4. The lowest BCUT2D eigenvalue weighted by molar-refractivity contribution is -0.139. The van der Waals surface area contributed by atoms with Gasteiger partial charge in [0.1, 0.15) is 10.1 Å². The summed E-state index contributed by atoms with van der Waals surface area (Å²) < 4.78 is 69.0. The summed E-state index contributed by atoms with van der Waals surface area (Å²) >= 11 is 5.35. The van der Waals surface area contributed by atoms with E-state index in [0.29, 0.717) is 12.1 Å². The van der Waals surface area contributed by atoms with Crippen molar-refractivity contribution in [2.45, 2.75) is 11.1 Å². The van der Waals surface area contributed by atoms with Gasteiger partial charge in [0.25, 0.3) is 0 Å². The predicted octanol–water partition coefficient (Wildman–Crippen LogP) is 1.85. The van der Waals surface area contributed by atoms with Crippen LogP contribution >= 0.6 is 11.6 Å². The minimum Gasteiger partial charge on any atom is -0.744 e. The Hall–Kier alpha value is -0.990. The van der Waals surface area contributed by atoms with E-state index >= 15 is 0 Å². The minimum atomic E-state index is -5.27. The van der Waals surface area contributed by atoms with Crippen molar-refractivity contribution < 1.29 is 26.1 Å². The fraction of sp³-hybridized carbons (Fsp3) is 0.143. The van der Waals surface area contributed by atoms with Crippen molar-refractivity contribution in [1.29, 1.82) is 0 Å². The van der Waals surface area contributed by atoms with Gasteiger partial charge in [-0.1, -0.05) is 11.6 Å². The van der Waals surface area contributed by atoms with Gasteiger partial charge in [-0.3, -0.25) is 0 Å². The van der Waals surface area contributed by atoms with Crippen LogP contribution in [0.1, 0.15) is 5.56 Å². The number of hydrogen-bond acceptors (Lipinski definition) is 4. The molecule has 0 aliphatic rings. The maximum Gasteiger partial charge on any atom is 0.417 e. The molecule has 0 bridgehead atoms. The molecule has 0 heterocycles. The van der Waals surface area contributed by atoms with E-state index in [0.717, 1.165) is 0 Å². The van der Waals surface area contributed by atoms with Gasteiger partial charge < -0.3 is 10.3 Å². The minimum absolute atomic E-state index is 0.313. The molecule has 0 spiro atoms. The molecule has 0 radical (unpaired) electrons. The lowest BCUT2D eigenvalue weighted by Gasteiger charge is -2.16.